The quantitative estimate of drug-likeness (QED) is 0.882. The second-order valence-corrected chi connectivity index (χ2v) is 4.88. The van der Waals surface area contributed by atoms with Crippen LogP contribution in [0.25, 0.3) is 0 Å². The van der Waals surface area contributed by atoms with Gasteiger partial charge in [0, 0.05) is 11.1 Å². The summed E-state index contributed by atoms with van der Waals surface area (Å²) in [6.45, 7) is 0. The van der Waals surface area contributed by atoms with Gasteiger partial charge in [-0.2, -0.15) is 0 Å². The Labute approximate surface area is 104 Å². The normalized spacial score (nSPS) is 13.4. The van der Waals surface area contributed by atoms with Gasteiger partial charge in [0.25, 0.3) is 5.91 Å². The van der Waals surface area contributed by atoms with Gasteiger partial charge in [-0.1, -0.05) is 6.07 Å². The summed E-state index contributed by atoms with van der Waals surface area (Å²) in [4.78, 5) is 15.8. The Hall–Kier alpha value is -1.68. The molecule has 1 amide bonds. The van der Waals surface area contributed by atoms with Gasteiger partial charge in [-0.05, 0) is 42.5 Å². The highest BCUT2D eigenvalue weighted by Crippen LogP contribution is 2.25. The monoisotopic (exact) mass is 244 g/mol. The van der Waals surface area contributed by atoms with E-state index in [1.54, 1.807) is 10.9 Å². The molecule has 1 heterocycles. The third-order valence-corrected chi connectivity index (χ3v) is 3.61. The average molecular weight is 244 g/mol. The van der Waals surface area contributed by atoms with Crippen molar-refractivity contribution in [1.29, 1.82) is 0 Å². The molecule has 0 radical (unpaired) electrons. The number of hydrogen-bond donors (Lipinski definition) is 1. The van der Waals surface area contributed by atoms with E-state index in [2.05, 4.69) is 22.4 Å². The van der Waals surface area contributed by atoms with Crippen molar-refractivity contribution >= 4 is 22.9 Å². The number of aromatic nitrogens is 1. The number of rotatable bonds is 2. The molecule has 1 aromatic heterocycles. The number of carbonyl (C=O) groups is 1. The summed E-state index contributed by atoms with van der Waals surface area (Å²) >= 11 is 1.43. The first-order valence-electron chi connectivity index (χ1n) is 5.64. The van der Waals surface area contributed by atoms with Crippen molar-refractivity contribution in [3.05, 3.63) is 45.9 Å². The van der Waals surface area contributed by atoms with Crippen LogP contribution in [-0.2, 0) is 12.8 Å². The Morgan fingerprint density at radius 3 is 3.00 bits per heavy atom. The molecule has 0 atom stereocenters. The SMILES string of the molecule is O=C(Nc1ccc2c(c1)CCC2)c1cscn1. The smallest absolute Gasteiger partial charge is 0.275 e. The number of thiazole rings is 1. The predicted molar refractivity (Wildman–Crippen MR) is 68.5 cm³/mol. The Morgan fingerprint density at radius 2 is 2.18 bits per heavy atom. The Balaban J connectivity index is 1.80. The molecule has 0 bridgehead atoms. The minimum Gasteiger partial charge on any atom is -0.321 e. The van der Waals surface area contributed by atoms with Crippen LogP contribution in [0.4, 0.5) is 5.69 Å². The van der Waals surface area contributed by atoms with Crippen molar-refractivity contribution in [2.75, 3.05) is 5.32 Å². The van der Waals surface area contributed by atoms with E-state index in [-0.39, 0.29) is 5.91 Å². The number of amides is 1. The third kappa shape index (κ3) is 2.08. The van der Waals surface area contributed by atoms with E-state index < -0.39 is 0 Å². The fourth-order valence-electron chi connectivity index (χ4n) is 2.17. The molecule has 0 spiro atoms. The minimum absolute atomic E-state index is 0.135. The first-order valence-corrected chi connectivity index (χ1v) is 6.58. The molecule has 86 valence electrons. The second-order valence-electron chi connectivity index (χ2n) is 4.16. The summed E-state index contributed by atoms with van der Waals surface area (Å²) in [7, 11) is 0. The molecule has 0 fully saturated rings. The van der Waals surface area contributed by atoms with Crippen LogP contribution in [-0.4, -0.2) is 10.9 Å². The number of hydrogen-bond acceptors (Lipinski definition) is 3. The van der Waals surface area contributed by atoms with E-state index in [9.17, 15) is 4.79 Å². The maximum atomic E-state index is 11.8. The molecule has 1 aliphatic carbocycles. The predicted octanol–water partition coefficient (Wildman–Crippen LogP) is 2.88. The lowest BCUT2D eigenvalue weighted by Crippen LogP contribution is -2.12. The lowest BCUT2D eigenvalue weighted by atomic mass is 10.1. The summed E-state index contributed by atoms with van der Waals surface area (Å²) in [5.74, 6) is -0.135. The number of anilines is 1. The van der Waals surface area contributed by atoms with E-state index in [1.807, 2.05) is 6.07 Å². The van der Waals surface area contributed by atoms with Crippen molar-refractivity contribution in [3.8, 4) is 0 Å². The fraction of sp³-hybridized carbons (Fsp3) is 0.231. The molecule has 0 unspecified atom stereocenters. The largest absolute Gasteiger partial charge is 0.321 e. The summed E-state index contributed by atoms with van der Waals surface area (Å²) in [5, 5.41) is 4.63. The highest BCUT2D eigenvalue weighted by Gasteiger charge is 2.12. The van der Waals surface area contributed by atoms with E-state index in [0.29, 0.717) is 5.69 Å². The number of nitrogens with zero attached hydrogens (tertiary/aromatic N) is 1. The van der Waals surface area contributed by atoms with Crippen molar-refractivity contribution in [2.45, 2.75) is 19.3 Å². The van der Waals surface area contributed by atoms with Crippen LogP contribution in [0, 0.1) is 0 Å². The van der Waals surface area contributed by atoms with E-state index in [0.717, 1.165) is 18.5 Å². The zero-order valence-electron chi connectivity index (χ0n) is 9.27. The molecular formula is C13H12N2OS. The summed E-state index contributed by atoms with van der Waals surface area (Å²) in [5.41, 5.74) is 5.79. The minimum atomic E-state index is -0.135. The maximum Gasteiger partial charge on any atom is 0.275 e. The molecule has 3 rings (SSSR count). The van der Waals surface area contributed by atoms with Gasteiger partial charge in [0.1, 0.15) is 5.69 Å². The molecule has 4 heteroatoms. The van der Waals surface area contributed by atoms with E-state index in [1.165, 1.54) is 28.9 Å². The van der Waals surface area contributed by atoms with Crippen LogP contribution >= 0.6 is 11.3 Å². The molecular weight excluding hydrogens is 232 g/mol. The zero-order chi connectivity index (χ0) is 11.7. The molecule has 1 aliphatic rings. The maximum absolute atomic E-state index is 11.8. The number of benzene rings is 1. The van der Waals surface area contributed by atoms with Crippen LogP contribution < -0.4 is 5.32 Å². The molecule has 3 nitrogen and oxygen atoms in total. The van der Waals surface area contributed by atoms with Gasteiger partial charge in [-0.3, -0.25) is 4.79 Å². The first kappa shape index (κ1) is 10.5. The fourth-order valence-corrected chi connectivity index (χ4v) is 2.70. The third-order valence-electron chi connectivity index (χ3n) is 3.02. The molecule has 17 heavy (non-hydrogen) atoms. The van der Waals surface area contributed by atoms with Crippen LogP contribution in [0.5, 0.6) is 0 Å². The topological polar surface area (TPSA) is 42.0 Å². The van der Waals surface area contributed by atoms with Gasteiger partial charge >= 0.3 is 0 Å². The Morgan fingerprint density at radius 1 is 1.29 bits per heavy atom. The molecule has 0 aliphatic heterocycles. The molecule has 1 aromatic carbocycles. The van der Waals surface area contributed by atoms with Gasteiger partial charge < -0.3 is 5.32 Å². The van der Waals surface area contributed by atoms with E-state index in [4.69, 9.17) is 0 Å². The van der Waals surface area contributed by atoms with Gasteiger partial charge in [0.15, 0.2) is 0 Å². The molecule has 1 N–H and O–H groups in total. The molecule has 2 aromatic rings. The van der Waals surface area contributed by atoms with Gasteiger partial charge in [-0.15, -0.1) is 11.3 Å². The highest BCUT2D eigenvalue weighted by molar-refractivity contribution is 7.07. The summed E-state index contributed by atoms with van der Waals surface area (Å²) in [6.07, 6.45) is 3.50. The standard InChI is InChI=1S/C13H12N2OS/c16-13(12-7-17-8-14-12)15-11-5-4-9-2-1-3-10(9)6-11/h4-8H,1-3H2,(H,15,16). The lowest BCUT2D eigenvalue weighted by molar-refractivity contribution is 0.102. The molecule has 0 saturated heterocycles. The van der Waals surface area contributed by atoms with Crippen LogP contribution in [0.1, 0.15) is 28.0 Å². The average Bonchev–Trinajstić information content (AvgIpc) is 2.99. The van der Waals surface area contributed by atoms with E-state index >= 15 is 0 Å². The van der Waals surface area contributed by atoms with Crippen molar-refractivity contribution in [3.63, 3.8) is 0 Å². The second kappa shape index (κ2) is 4.30. The van der Waals surface area contributed by atoms with Crippen LogP contribution in [0.15, 0.2) is 29.1 Å². The lowest BCUT2D eigenvalue weighted by Gasteiger charge is -2.05. The van der Waals surface area contributed by atoms with Gasteiger partial charge in [0.2, 0.25) is 0 Å². The summed E-state index contributed by atoms with van der Waals surface area (Å²) in [6, 6.07) is 6.15. The summed E-state index contributed by atoms with van der Waals surface area (Å²) < 4.78 is 0. The first-order chi connectivity index (χ1) is 8.33. The van der Waals surface area contributed by atoms with Crippen molar-refractivity contribution in [2.24, 2.45) is 0 Å². The Kier molecular flexibility index (Phi) is 2.65. The van der Waals surface area contributed by atoms with Crippen molar-refractivity contribution < 1.29 is 4.79 Å². The number of carbonyl (C=O) groups excluding carboxylic acids is 1. The zero-order valence-corrected chi connectivity index (χ0v) is 10.1. The molecule has 0 saturated carbocycles. The van der Waals surface area contributed by atoms with Gasteiger partial charge in [0.05, 0.1) is 5.51 Å². The number of nitrogens with one attached hydrogen (secondary N) is 1. The number of aryl methyl sites for hydroxylation is 2. The highest BCUT2D eigenvalue weighted by atomic mass is 32.1. The number of fused-ring (bicyclic) bond motifs is 1. The van der Waals surface area contributed by atoms with Crippen molar-refractivity contribution in [1.82, 2.24) is 4.98 Å². The van der Waals surface area contributed by atoms with Gasteiger partial charge in [-0.25, -0.2) is 4.98 Å². The Bertz CT molecular complexity index is 549. The van der Waals surface area contributed by atoms with Crippen LogP contribution in [0.2, 0.25) is 0 Å². The van der Waals surface area contributed by atoms with Crippen LogP contribution in [0.3, 0.4) is 0 Å².